The van der Waals surface area contributed by atoms with E-state index in [4.69, 9.17) is 5.73 Å². The van der Waals surface area contributed by atoms with Crippen molar-refractivity contribution in [1.82, 2.24) is 4.90 Å². The van der Waals surface area contributed by atoms with Gasteiger partial charge in [0.25, 0.3) is 0 Å². The molecule has 1 unspecified atom stereocenters. The molecule has 1 atom stereocenters. The van der Waals surface area contributed by atoms with Gasteiger partial charge >= 0.3 is 0 Å². The number of aryl methyl sites for hydroxylation is 1. The Hall–Kier alpha value is -1.02. The van der Waals surface area contributed by atoms with Crippen molar-refractivity contribution in [3.05, 3.63) is 29.8 Å². The van der Waals surface area contributed by atoms with Crippen LogP contribution in [0.3, 0.4) is 0 Å². The van der Waals surface area contributed by atoms with E-state index in [1.807, 2.05) is 12.1 Å². The van der Waals surface area contributed by atoms with E-state index in [-0.39, 0.29) is 0 Å². The Morgan fingerprint density at radius 1 is 1.28 bits per heavy atom. The first-order chi connectivity index (χ1) is 8.78. The normalized spacial score (nSPS) is 21.1. The van der Waals surface area contributed by atoms with Crippen LogP contribution in [0.1, 0.15) is 38.2 Å². The highest BCUT2D eigenvalue weighted by atomic mass is 15.1. The first kappa shape index (κ1) is 13.4. The van der Waals surface area contributed by atoms with Gasteiger partial charge in [-0.25, -0.2) is 0 Å². The van der Waals surface area contributed by atoms with E-state index in [1.165, 1.54) is 57.3 Å². The molecule has 0 spiro atoms. The van der Waals surface area contributed by atoms with Gasteiger partial charge in [-0.05, 0) is 62.4 Å². The molecule has 1 aromatic rings. The molecule has 0 saturated carbocycles. The monoisotopic (exact) mass is 246 g/mol. The first-order valence-corrected chi connectivity index (χ1v) is 7.34. The molecule has 18 heavy (non-hydrogen) atoms. The number of piperidine rings is 1. The highest BCUT2D eigenvalue weighted by Crippen LogP contribution is 2.19. The maximum Gasteiger partial charge on any atom is 0.0314 e. The third-order valence-corrected chi connectivity index (χ3v) is 4.10. The molecule has 1 heterocycles. The molecule has 0 aliphatic carbocycles. The second kappa shape index (κ2) is 6.79. The smallest absolute Gasteiger partial charge is 0.0314 e. The molecule has 2 N–H and O–H groups in total. The molecule has 0 amide bonds. The third-order valence-electron chi connectivity index (χ3n) is 4.10. The summed E-state index contributed by atoms with van der Waals surface area (Å²) in [5.74, 6) is 0.940. The van der Waals surface area contributed by atoms with E-state index in [0.717, 1.165) is 11.6 Å². The third kappa shape index (κ3) is 4.02. The van der Waals surface area contributed by atoms with Crippen molar-refractivity contribution in [2.24, 2.45) is 5.92 Å². The second-order valence-corrected chi connectivity index (χ2v) is 5.56. The number of likely N-dealkylation sites (tertiary alicyclic amines) is 1. The van der Waals surface area contributed by atoms with Crippen molar-refractivity contribution < 1.29 is 0 Å². The van der Waals surface area contributed by atoms with Crippen LogP contribution < -0.4 is 5.73 Å². The molecule has 1 aliphatic rings. The number of anilines is 1. The molecule has 0 radical (unpaired) electrons. The molecular formula is C16H26N2. The molecule has 1 fully saturated rings. The lowest BCUT2D eigenvalue weighted by Crippen LogP contribution is -2.35. The van der Waals surface area contributed by atoms with Crippen LogP contribution in [-0.4, -0.2) is 24.5 Å². The zero-order valence-corrected chi connectivity index (χ0v) is 11.6. The molecule has 2 nitrogen and oxygen atoms in total. The van der Waals surface area contributed by atoms with Crippen LogP contribution in [0.2, 0.25) is 0 Å². The van der Waals surface area contributed by atoms with E-state index in [1.54, 1.807) is 0 Å². The van der Waals surface area contributed by atoms with Gasteiger partial charge in [0.05, 0.1) is 0 Å². The Kier molecular flexibility index (Phi) is 5.06. The maximum absolute atomic E-state index is 5.69. The van der Waals surface area contributed by atoms with Gasteiger partial charge in [0.1, 0.15) is 0 Å². The summed E-state index contributed by atoms with van der Waals surface area (Å²) < 4.78 is 0. The topological polar surface area (TPSA) is 29.3 Å². The van der Waals surface area contributed by atoms with Crippen molar-refractivity contribution in [3.63, 3.8) is 0 Å². The van der Waals surface area contributed by atoms with Gasteiger partial charge in [0.2, 0.25) is 0 Å². The average molecular weight is 246 g/mol. The van der Waals surface area contributed by atoms with Crippen LogP contribution in [0.25, 0.3) is 0 Å². The summed E-state index contributed by atoms with van der Waals surface area (Å²) in [5, 5.41) is 0. The molecule has 1 saturated heterocycles. The van der Waals surface area contributed by atoms with Crippen LogP contribution in [0, 0.1) is 5.92 Å². The quantitative estimate of drug-likeness (QED) is 0.808. The lowest BCUT2D eigenvalue weighted by atomic mass is 9.95. The van der Waals surface area contributed by atoms with Gasteiger partial charge in [0.15, 0.2) is 0 Å². The van der Waals surface area contributed by atoms with E-state index >= 15 is 0 Å². The standard InChI is InChI=1S/C16H26N2/c1-2-14-5-3-11-18(13-14)12-4-6-15-7-9-16(17)10-8-15/h7-10,14H,2-6,11-13,17H2,1H3. The van der Waals surface area contributed by atoms with Crippen molar-refractivity contribution in [3.8, 4) is 0 Å². The predicted octanol–water partition coefficient (Wildman–Crippen LogP) is 3.32. The number of nitrogens with two attached hydrogens (primary N) is 1. The van der Waals surface area contributed by atoms with Crippen molar-refractivity contribution in [2.45, 2.75) is 39.0 Å². The SMILES string of the molecule is CCC1CCCN(CCCc2ccc(N)cc2)C1. The Bertz CT molecular complexity index is 345. The fourth-order valence-corrected chi connectivity index (χ4v) is 2.88. The van der Waals surface area contributed by atoms with Gasteiger partial charge in [0, 0.05) is 12.2 Å². The summed E-state index contributed by atoms with van der Waals surface area (Å²) in [6.07, 6.45) is 6.60. The number of benzene rings is 1. The molecule has 2 rings (SSSR count). The molecule has 1 aromatic carbocycles. The van der Waals surface area contributed by atoms with Crippen LogP contribution in [-0.2, 0) is 6.42 Å². The lowest BCUT2D eigenvalue weighted by Gasteiger charge is -2.32. The lowest BCUT2D eigenvalue weighted by molar-refractivity contribution is 0.170. The Morgan fingerprint density at radius 2 is 2.06 bits per heavy atom. The van der Waals surface area contributed by atoms with Crippen LogP contribution in [0.5, 0.6) is 0 Å². The van der Waals surface area contributed by atoms with Gasteiger partial charge in [-0.1, -0.05) is 25.5 Å². The number of hydrogen-bond donors (Lipinski definition) is 1. The van der Waals surface area contributed by atoms with Gasteiger partial charge < -0.3 is 10.6 Å². The van der Waals surface area contributed by atoms with Gasteiger partial charge in [-0.15, -0.1) is 0 Å². The minimum atomic E-state index is 0.862. The number of hydrogen-bond acceptors (Lipinski definition) is 2. The van der Waals surface area contributed by atoms with E-state index < -0.39 is 0 Å². The molecule has 1 aliphatic heterocycles. The fourth-order valence-electron chi connectivity index (χ4n) is 2.88. The van der Waals surface area contributed by atoms with Gasteiger partial charge in [-0.3, -0.25) is 0 Å². The van der Waals surface area contributed by atoms with Crippen LogP contribution in [0.15, 0.2) is 24.3 Å². The van der Waals surface area contributed by atoms with Crippen LogP contribution in [0.4, 0.5) is 5.69 Å². The molecule has 2 heteroatoms. The summed E-state index contributed by atoms with van der Waals surface area (Å²) in [7, 11) is 0. The summed E-state index contributed by atoms with van der Waals surface area (Å²) in [6, 6.07) is 8.31. The van der Waals surface area contributed by atoms with Crippen molar-refractivity contribution in [1.29, 1.82) is 0 Å². The summed E-state index contributed by atoms with van der Waals surface area (Å²) >= 11 is 0. The summed E-state index contributed by atoms with van der Waals surface area (Å²) in [4.78, 5) is 2.65. The van der Waals surface area contributed by atoms with E-state index in [2.05, 4.69) is 24.0 Å². The second-order valence-electron chi connectivity index (χ2n) is 5.56. The number of nitrogens with zero attached hydrogens (tertiary/aromatic N) is 1. The minimum Gasteiger partial charge on any atom is -0.399 e. The van der Waals surface area contributed by atoms with Crippen LogP contribution >= 0.6 is 0 Å². The molecule has 100 valence electrons. The molecule has 0 bridgehead atoms. The number of nitrogen functional groups attached to an aromatic ring is 1. The van der Waals surface area contributed by atoms with Crippen molar-refractivity contribution in [2.75, 3.05) is 25.4 Å². The van der Waals surface area contributed by atoms with Crippen molar-refractivity contribution >= 4 is 5.69 Å². The summed E-state index contributed by atoms with van der Waals surface area (Å²) in [6.45, 7) is 6.19. The Labute approximate surface area is 111 Å². The molecular weight excluding hydrogens is 220 g/mol. The minimum absolute atomic E-state index is 0.862. The van der Waals surface area contributed by atoms with E-state index in [0.29, 0.717) is 0 Å². The maximum atomic E-state index is 5.69. The Balaban J connectivity index is 1.70. The molecule has 0 aromatic heterocycles. The number of rotatable bonds is 5. The highest BCUT2D eigenvalue weighted by molar-refractivity contribution is 5.39. The zero-order chi connectivity index (χ0) is 12.8. The highest BCUT2D eigenvalue weighted by Gasteiger charge is 2.17. The Morgan fingerprint density at radius 3 is 2.78 bits per heavy atom. The fraction of sp³-hybridized carbons (Fsp3) is 0.625. The average Bonchev–Trinajstić information content (AvgIpc) is 2.41. The zero-order valence-electron chi connectivity index (χ0n) is 11.6. The van der Waals surface area contributed by atoms with E-state index in [9.17, 15) is 0 Å². The predicted molar refractivity (Wildman–Crippen MR) is 78.6 cm³/mol. The summed E-state index contributed by atoms with van der Waals surface area (Å²) in [5.41, 5.74) is 7.97. The van der Waals surface area contributed by atoms with Gasteiger partial charge in [-0.2, -0.15) is 0 Å². The first-order valence-electron chi connectivity index (χ1n) is 7.34. The largest absolute Gasteiger partial charge is 0.399 e.